The van der Waals surface area contributed by atoms with Crippen molar-refractivity contribution in [1.82, 2.24) is 14.1 Å². The molecule has 0 saturated heterocycles. The number of para-hydroxylation sites is 3. The van der Waals surface area contributed by atoms with Crippen LogP contribution in [0.5, 0.6) is 0 Å². The van der Waals surface area contributed by atoms with Crippen LogP contribution in [0.15, 0.2) is 152 Å². The molecule has 3 nitrogen and oxygen atoms in total. The number of fused-ring (bicyclic) bond motifs is 7. The Morgan fingerprint density at radius 3 is 1.98 bits per heavy atom. The summed E-state index contributed by atoms with van der Waals surface area (Å²) in [5.74, 6) is 0. The second kappa shape index (κ2) is 8.92. The molecule has 9 rings (SSSR count). The highest BCUT2D eigenvalue weighted by atomic mass is 15.0. The predicted molar refractivity (Wildman–Crippen MR) is 176 cm³/mol. The van der Waals surface area contributed by atoms with Crippen molar-refractivity contribution in [3.05, 3.63) is 152 Å². The number of rotatable bonds is 3. The van der Waals surface area contributed by atoms with E-state index < -0.39 is 0 Å². The van der Waals surface area contributed by atoms with Crippen LogP contribution in [-0.4, -0.2) is 14.1 Å². The SMILES string of the molecule is c1ccc(-n2c3ccccc3c3cc(-c4cccc5c4c4ccccc4n5-c4ccc5ccccc5c4)cnc32)cc1. The summed E-state index contributed by atoms with van der Waals surface area (Å²) in [6.07, 6.45) is 2.04. The van der Waals surface area contributed by atoms with Crippen LogP contribution in [0, 0.1) is 0 Å². The Morgan fingerprint density at radius 2 is 1.12 bits per heavy atom. The number of pyridine rings is 1. The normalized spacial score (nSPS) is 11.8. The zero-order valence-corrected chi connectivity index (χ0v) is 22.8. The van der Waals surface area contributed by atoms with E-state index >= 15 is 0 Å². The number of nitrogens with zero attached hydrogens (tertiary/aromatic N) is 3. The topological polar surface area (TPSA) is 22.8 Å². The van der Waals surface area contributed by atoms with Crippen LogP contribution in [0.4, 0.5) is 0 Å². The third kappa shape index (κ3) is 3.31. The molecule has 0 unspecified atom stereocenters. The summed E-state index contributed by atoms with van der Waals surface area (Å²) in [5.41, 5.74) is 9.10. The number of hydrogen-bond acceptors (Lipinski definition) is 1. The summed E-state index contributed by atoms with van der Waals surface area (Å²) in [6, 6.07) is 52.1. The molecule has 3 heterocycles. The van der Waals surface area contributed by atoms with Crippen LogP contribution in [0.2, 0.25) is 0 Å². The largest absolute Gasteiger partial charge is 0.309 e. The average molecular weight is 536 g/mol. The fourth-order valence-corrected chi connectivity index (χ4v) is 6.68. The fourth-order valence-electron chi connectivity index (χ4n) is 6.68. The summed E-state index contributed by atoms with van der Waals surface area (Å²) in [4.78, 5) is 5.11. The van der Waals surface area contributed by atoms with Crippen molar-refractivity contribution >= 4 is 54.5 Å². The Hall–Kier alpha value is -5.67. The van der Waals surface area contributed by atoms with Crippen molar-refractivity contribution < 1.29 is 0 Å². The minimum atomic E-state index is 0.969. The molecule has 42 heavy (non-hydrogen) atoms. The average Bonchev–Trinajstić information content (AvgIpc) is 3.58. The molecule has 3 aromatic heterocycles. The lowest BCUT2D eigenvalue weighted by atomic mass is 9.99. The summed E-state index contributed by atoms with van der Waals surface area (Å²) in [7, 11) is 0. The van der Waals surface area contributed by atoms with Crippen LogP contribution in [0.25, 0.3) is 77.0 Å². The summed E-state index contributed by atoms with van der Waals surface area (Å²) in [6.45, 7) is 0. The van der Waals surface area contributed by atoms with Gasteiger partial charge < -0.3 is 4.57 Å². The molecule has 3 heteroatoms. The molecule has 0 aliphatic rings. The van der Waals surface area contributed by atoms with Gasteiger partial charge in [0.25, 0.3) is 0 Å². The summed E-state index contributed by atoms with van der Waals surface area (Å²) < 4.78 is 4.66. The van der Waals surface area contributed by atoms with Crippen LogP contribution >= 0.6 is 0 Å². The molecule has 0 aliphatic carbocycles. The molecule has 0 spiro atoms. The minimum absolute atomic E-state index is 0.969. The van der Waals surface area contributed by atoms with E-state index in [0.717, 1.165) is 33.5 Å². The van der Waals surface area contributed by atoms with Crippen molar-refractivity contribution in [2.45, 2.75) is 0 Å². The maximum atomic E-state index is 5.11. The van der Waals surface area contributed by atoms with E-state index in [1.165, 1.54) is 43.5 Å². The molecule has 9 aromatic rings. The minimum Gasteiger partial charge on any atom is -0.309 e. The van der Waals surface area contributed by atoms with Crippen molar-refractivity contribution in [2.75, 3.05) is 0 Å². The van der Waals surface area contributed by atoms with E-state index in [4.69, 9.17) is 4.98 Å². The van der Waals surface area contributed by atoms with Gasteiger partial charge in [0.1, 0.15) is 5.65 Å². The molecule has 0 amide bonds. The van der Waals surface area contributed by atoms with Gasteiger partial charge in [0, 0.05) is 44.7 Å². The molecule has 0 fully saturated rings. The molecule has 0 bridgehead atoms. The molecular weight excluding hydrogens is 510 g/mol. The monoisotopic (exact) mass is 535 g/mol. The van der Waals surface area contributed by atoms with Crippen molar-refractivity contribution in [3.63, 3.8) is 0 Å². The molecule has 0 N–H and O–H groups in total. The summed E-state index contributed by atoms with van der Waals surface area (Å²) >= 11 is 0. The fraction of sp³-hybridized carbons (Fsp3) is 0. The highest BCUT2D eigenvalue weighted by molar-refractivity contribution is 6.17. The van der Waals surface area contributed by atoms with Gasteiger partial charge in [-0.3, -0.25) is 4.57 Å². The van der Waals surface area contributed by atoms with Gasteiger partial charge in [-0.1, -0.05) is 97.1 Å². The maximum Gasteiger partial charge on any atom is 0.145 e. The van der Waals surface area contributed by atoms with Gasteiger partial charge in [0.15, 0.2) is 0 Å². The summed E-state index contributed by atoms with van der Waals surface area (Å²) in [5, 5.41) is 7.33. The zero-order valence-electron chi connectivity index (χ0n) is 22.8. The maximum absolute atomic E-state index is 5.11. The van der Waals surface area contributed by atoms with Gasteiger partial charge in [-0.05, 0) is 64.9 Å². The standard InChI is InChI=1S/C39H25N3/c1-2-13-29(14-3-1)42-35-18-8-6-15-32(35)34-24-28(25-40-39(34)42)31-17-10-20-37-38(31)33-16-7-9-19-36(33)41(37)30-22-21-26-11-4-5-12-27(26)23-30/h1-25H. The van der Waals surface area contributed by atoms with Crippen molar-refractivity contribution in [2.24, 2.45) is 0 Å². The lowest BCUT2D eigenvalue weighted by Crippen LogP contribution is -1.95. The first-order chi connectivity index (χ1) is 20.8. The van der Waals surface area contributed by atoms with Gasteiger partial charge in [-0.25, -0.2) is 4.98 Å². The van der Waals surface area contributed by atoms with Gasteiger partial charge in [-0.15, -0.1) is 0 Å². The van der Waals surface area contributed by atoms with E-state index in [-0.39, 0.29) is 0 Å². The molecule has 0 atom stereocenters. The first-order valence-electron chi connectivity index (χ1n) is 14.3. The highest BCUT2D eigenvalue weighted by Gasteiger charge is 2.18. The Morgan fingerprint density at radius 1 is 0.429 bits per heavy atom. The first kappa shape index (κ1) is 23.1. The second-order valence-corrected chi connectivity index (χ2v) is 10.9. The Balaban J connectivity index is 1.32. The first-order valence-corrected chi connectivity index (χ1v) is 14.3. The van der Waals surface area contributed by atoms with Crippen molar-refractivity contribution in [1.29, 1.82) is 0 Å². The number of benzene rings is 6. The zero-order chi connectivity index (χ0) is 27.6. The molecule has 0 radical (unpaired) electrons. The molecule has 196 valence electrons. The Bertz CT molecular complexity index is 2460. The van der Waals surface area contributed by atoms with Gasteiger partial charge in [-0.2, -0.15) is 0 Å². The van der Waals surface area contributed by atoms with Gasteiger partial charge in [0.2, 0.25) is 0 Å². The van der Waals surface area contributed by atoms with Gasteiger partial charge >= 0.3 is 0 Å². The second-order valence-electron chi connectivity index (χ2n) is 10.9. The molecule has 0 saturated carbocycles. The van der Waals surface area contributed by atoms with E-state index in [9.17, 15) is 0 Å². The van der Waals surface area contributed by atoms with E-state index in [1.807, 2.05) is 6.20 Å². The van der Waals surface area contributed by atoms with Crippen LogP contribution < -0.4 is 0 Å². The van der Waals surface area contributed by atoms with Crippen molar-refractivity contribution in [3.8, 4) is 22.5 Å². The Kier molecular flexibility index (Phi) is 4.90. The third-order valence-corrected chi connectivity index (χ3v) is 8.53. The molecule has 6 aromatic carbocycles. The number of hydrogen-bond donors (Lipinski definition) is 0. The lowest BCUT2D eigenvalue weighted by molar-refractivity contribution is 1.14. The van der Waals surface area contributed by atoms with E-state index in [0.29, 0.717) is 0 Å². The van der Waals surface area contributed by atoms with E-state index in [2.05, 4.69) is 155 Å². The number of aromatic nitrogens is 3. The quantitative estimate of drug-likeness (QED) is 0.221. The van der Waals surface area contributed by atoms with Crippen LogP contribution in [-0.2, 0) is 0 Å². The molecular formula is C39H25N3. The van der Waals surface area contributed by atoms with Gasteiger partial charge in [0.05, 0.1) is 16.6 Å². The van der Waals surface area contributed by atoms with E-state index in [1.54, 1.807) is 0 Å². The lowest BCUT2D eigenvalue weighted by Gasteiger charge is -2.10. The third-order valence-electron chi connectivity index (χ3n) is 8.53. The Labute approximate surface area is 242 Å². The highest BCUT2D eigenvalue weighted by Crippen LogP contribution is 2.40. The van der Waals surface area contributed by atoms with Crippen LogP contribution in [0.1, 0.15) is 0 Å². The smallest absolute Gasteiger partial charge is 0.145 e. The van der Waals surface area contributed by atoms with Crippen LogP contribution in [0.3, 0.4) is 0 Å². The molecule has 0 aliphatic heterocycles. The predicted octanol–water partition coefficient (Wildman–Crippen LogP) is 10.1.